The Hall–Kier alpha value is -1.94. The van der Waals surface area contributed by atoms with E-state index in [9.17, 15) is 9.90 Å². The highest BCUT2D eigenvalue weighted by Gasteiger charge is 2.27. The van der Waals surface area contributed by atoms with Crippen molar-refractivity contribution in [1.82, 2.24) is 9.88 Å². The third kappa shape index (κ3) is 4.24. The molecular weight excluding hydrogens is 324 g/mol. The molecule has 0 bridgehead atoms. The van der Waals surface area contributed by atoms with Crippen LogP contribution in [0.25, 0.3) is 10.9 Å². The van der Waals surface area contributed by atoms with E-state index in [1.165, 1.54) is 10.9 Å². The maximum Gasteiger partial charge on any atom is 0.223 e. The summed E-state index contributed by atoms with van der Waals surface area (Å²) in [4.78, 5) is 18.9. The molecule has 1 aromatic carbocycles. The summed E-state index contributed by atoms with van der Waals surface area (Å²) in [6, 6.07) is 10.7. The Morgan fingerprint density at radius 3 is 2.62 bits per heavy atom. The molecule has 0 unspecified atom stereocenters. The van der Waals surface area contributed by atoms with Gasteiger partial charge in [-0.05, 0) is 69.1 Å². The van der Waals surface area contributed by atoms with Crippen LogP contribution in [0.5, 0.6) is 0 Å². The van der Waals surface area contributed by atoms with Gasteiger partial charge < -0.3 is 10.0 Å². The van der Waals surface area contributed by atoms with Crippen LogP contribution < -0.4 is 0 Å². The predicted octanol–water partition coefficient (Wildman–Crippen LogP) is 4.13. The van der Waals surface area contributed by atoms with E-state index < -0.39 is 0 Å². The molecule has 0 saturated heterocycles. The van der Waals surface area contributed by atoms with Gasteiger partial charge in [0.25, 0.3) is 0 Å². The molecule has 1 fully saturated rings. The first-order valence-electron chi connectivity index (χ1n) is 9.84. The van der Waals surface area contributed by atoms with Crippen molar-refractivity contribution in [3.63, 3.8) is 0 Å². The van der Waals surface area contributed by atoms with Crippen LogP contribution in [0, 0.1) is 5.92 Å². The minimum atomic E-state index is 0.0335. The summed E-state index contributed by atoms with van der Waals surface area (Å²) in [5.74, 6) is 1.21. The summed E-state index contributed by atoms with van der Waals surface area (Å²) in [5, 5.41) is 10.5. The molecule has 0 spiro atoms. The molecule has 1 aromatic heterocycles. The lowest BCUT2D eigenvalue weighted by Crippen LogP contribution is -2.40. The number of para-hydroxylation sites is 1. The van der Waals surface area contributed by atoms with E-state index in [1.54, 1.807) is 0 Å². The van der Waals surface area contributed by atoms with E-state index in [0.29, 0.717) is 24.8 Å². The van der Waals surface area contributed by atoms with Crippen LogP contribution in [0.15, 0.2) is 36.5 Å². The molecular formula is C22H30N2O2. The Morgan fingerprint density at radius 2 is 1.92 bits per heavy atom. The Morgan fingerprint density at radius 1 is 1.19 bits per heavy atom. The van der Waals surface area contributed by atoms with Crippen LogP contribution in [-0.4, -0.2) is 40.1 Å². The van der Waals surface area contributed by atoms with Crippen molar-refractivity contribution in [3.05, 3.63) is 42.1 Å². The minimum absolute atomic E-state index is 0.0335. The molecule has 0 atom stereocenters. The second-order valence-corrected chi connectivity index (χ2v) is 7.74. The number of aromatic nitrogens is 1. The first kappa shape index (κ1) is 18.8. The largest absolute Gasteiger partial charge is 0.395 e. The van der Waals surface area contributed by atoms with Gasteiger partial charge in [0.1, 0.15) is 0 Å². The summed E-state index contributed by atoms with van der Waals surface area (Å²) in [5.41, 5.74) is 2.48. The fourth-order valence-electron chi connectivity index (χ4n) is 4.29. The van der Waals surface area contributed by atoms with Crippen molar-refractivity contribution in [2.45, 2.75) is 57.9 Å². The van der Waals surface area contributed by atoms with Crippen LogP contribution in [0.4, 0.5) is 0 Å². The van der Waals surface area contributed by atoms with Gasteiger partial charge in [0.2, 0.25) is 5.91 Å². The number of nitrogens with zero attached hydrogens (tertiary/aromatic N) is 2. The van der Waals surface area contributed by atoms with Crippen molar-refractivity contribution < 1.29 is 9.90 Å². The van der Waals surface area contributed by atoms with Crippen LogP contribution in [0.2, 0.25) is 0 Å². The first-order chi connectivity index (χ1) is 12.6. The lowest BCUT2D eigenvalue weighted by Gasteiger charge is -2.32. The van der Waals surface area contributed by atoms with Crippen molar-refractivity contribution in [1.29, 1.82) is 0 Å². The zero-order valence-electron chi connectivity index (χ0n) is 15.9. The van der Waals surface area contributed by atoms with Gasteiger partial charge in [-0.25, -0.2) is 0 Å². The van der Waals surface area contributed by atoms with E-state index >= 15 is 0 Å². The quantitative estimate of drug-likeness (QED) is 0.849. The number of aliphatic hydroxyl groups excluding tert-OH is 1. The smallest absolute Gasteiger partial charge is 0.223 e. The van der Waals surface area contributed by atoms with Crippen molar-refractivity contribution >= 4 is 16.8 Å². The van der Waals surface area contributed by atoms with Gasteiger partial charge in [-0.2, -0.15) is 0 Å². The van der Waals surface area contributed by atoms with Gasteiger partial charge in [0, 0.05) is 30.6 Å². The fourth-order valence-corrected chi connectivity index (χ4v) is 4.29. The number of aliphatic hydroxyl groups is 1. The summed E-state index contributed by atoms with van der Waals surface area (Å²) in [6.45, 7) is 4.50. The van der Waals surface area contributed by atoms with E-state index in [0.717, 1.165) is 31.2 Å². The predicted molar refractivity (Wildman–Crippen MR) is 105 cm³/mol. The Kier molecular flexibility index (Phi) is 6.25. The molecule has 1 heterocycles. The zero-order valence-corrected chi connectivity index (χ0v) is 15.9. The molecule has 1 amide bonds. The molecule has 2 aromatic rings. The van der Waals surface area contributed by atoms with E-state index in [1.807, 2.05) is 31.0 Å². The Labute approximate surface area is 156 Å². The molecule has 26 heavy (non-hydrogen) atoms. The lowest BCUT2D eigenvalue weighted by molar-refractivity contribution is -0.134. The monoisotopic (exact) mass is 354 g/mol. The standard InChI is InChI=1S/C22H30N2O2/c1-16(2)24(13-14-25)22(26)15-17-7-9-18(10-8-17)19-11-12-23-21-6-4-3-5-20(19)21/h3-6,11-12,16-18,25H,7-10,13-15H2,1-2H3. The Bertz CT molecular complexity index is 731. The molecule has 0 radical (unpaired) electrons. The maximum absolute atomic E-state index is 12.6. The first-order valence-corrected chi connectivity index (χ1v) is 9.84. The molecule has 0 aliphatic heterocycles. The molecule has 140 valence electrons. The number of pyridine rings is 1. The van der Waals surface area contributed by atoms with Crippen LogP contribution in [0.3, 0.4) is 0 Å². The van der Waals surface area contributed by atoms with E-state index in [-0.39, 0.29) is 18.6 Å². The number of rotatable bonds is 6. The van der Waals surface area contributed by atoms with Gasteiger partial charge in [-0.3, -0.25) is 9.78 Å². The number of amides is 1. The minimum Gasteiger partial charge on any atom is -0.395 e. The molecule has 1 aliphatic carbocycles. The topological polar surface area (TPSA) is 53.4 Å². The van der Waals surface area contributed by atoms with E-state index in [2.05, 4.69) is 29.2 Å². The molecule has 4 heteroatoms. The van der Waals surface area contributed by atoms with Gasteiger partial charge in [-0.1, -0.05) is 18.2 Å². The van der Waals surface area contributed by atoms with Crippen LogP contribution >= 0.6 is 0 Å². The maximum atomic E-state index is 12.6. The summed E-state index contributed by atoms with van der Waals surface area (Å²) >= 11 is 0. The lowest BCUT2D eigenvalue weighted by atomic mass is 9.76. The summed E-state index contributed by atoms with van der Waals surface area (Å²) in [6.07, 6.45) is 6.99. The summed E-state index contributed by atoms with van der Waals surface area (Å²) < 4.78 is 0. The van der Waals surface area contributed by atoms with Crippen molar-refractivity contribution in [2.24, 2.45) is 5.92 Å². The third-order valence-electron chi connectivity index (χ3n) is 5.72. The normalized spacial score (nSPS) is 20.5. The van der Waals surface area contributed by atoms with Gasteiger partial charge in [0.15, 0.2) is 0 Å². The Balaban J connectivity index is 1.61. The molecule has 1 aliphatic rings. The van der Waals surface area contributed by atoms with Gasteiger partial charge >= 0.3 is 0 Å². The van der Waals surface area contributed by atoms with Gasteiger partial charge in [0.05, 0.1) is 12.1 Å². The average molecular weight is 354 g/mol. The number of carbonyl (C=O) groups is 1. The van der Waals surface area contributed by atoms with Crippen molar-refractivity contribution in [2.75, 3.05) is 13.2 Å². The third-order valence-corrected chi connectivity index (χ3v) is 5.72. The molecule has 3 rings (SSSR count). The fraction of sp³-hybridized carbons (Fsp3) is 0.545. The number of benzene rings is 1. The highest BCUT2D eigenvalue weighted by molar-refractivity contribution is 5.82. The molecule has 1 N–H and O–H groups in total. The highest BCUT2D eigenvalue weighted by Crippen LogP contribution is 2.39. The SMILES string of the molecule is CC(C)N(CCO)C(=O)CC1CCC(c2ccnc3ccccc23)CC1. The van der Waals surface area contributed by atoms with E-state index in [4.69, 9.17) is 0 Å². The molecule has 4 nitrogen and oxygen atoms in total. The average Bonchev–Trinajstić information content (AvgIpc) is 2.66. The van der Waals surface area contributed by atoms with Crippen molar-refractivity contribution in [3.8, 4) is 0 Å². The zero-order chi connectivity index (χ0) is 18.5. The second-order valence-electron chi connectivity index (χ2n) is 7.74. The number of hydrogen-bond donors (Lipinski definition) is 1. The van der Waals surface area contributed by atoms with Crippen LogP contribution in [0.1, 0.15) is 57.4 Å². The van der Waals surface area contributed by atoms with Gasteiger partial charge in [-0.15, -0.1) is 0 Å². The number of fused-ring (bicyclic) bond motifs is 1. The number of carbonyl (C=O) groups excluding carboxylic acids is 1. The van der Waals surface area contributed by atoms with Crippen LogP contribution in [-0.2, 0) is 4.79 Å². The summed E-state index contributed by atoms with van der Waals surface area (Å²) in [7, 11) is 0. The number of hydrogen-bond acceptors (Lipinski definition) is 3. The molecule has 1 saturated carbocycles. The second kappa shape index (κ2) is 8.63. The highest BCUT2D eigenvalue weighted by atomic mass is 16.3.